The molecule has 18 heavy (non-hydrogen) atoms. The molecule has 4 heteroatoms. The van der Waals surface area contributed by atoms with Crippen LogP contribution in [0.25, 0.3) is 0 Å². The Morgan fingerprint density at radius 2 is 2.00 bits per heavy atom. The highest BCUT2D eigenvalue weighted by Gasteiger charge is 2.38. The van der Waals surface area contributed by atoms with Crippen molar-refractivity contribution in [3.63, 3.8) is 0 Å². The van der Waals surface area contributed by atoms with Crippen LogP contribution in [0.3, 0.4) is 0 Å². The van der Waals surface area contributed by atoms with Gasteiger partial charge in [0, 0.05) is 30.5 Å². The Morgan fingerprint density at radius 3 is 2.50 bits per heavy atom. The van der Waals surface area contributed by atoms with Gasteiger partial charge in [0.05, 0.1) is 11.4 Å². The Labute approximate surface area is 110 Å². The highest BCUT2D eigenvalue weighted by Crippen LogP contribution is 2.35. The Hall–Kier alpha value is -1.00. The zero-order chi connectivity index (χ0) is 13.2. The van der Waals surface area contributed by atoms with Crippen LogP contribution in [0.5, 0.6) is 0 Å². The largest absolute Gasteiger partial charge is 0.307 e. The number of aromatic nitrogens is 2. The van der Waals surface area contributed by atoms with E-state index < -0.39 is 0 Å². The minimum absolute atomic E-state index is 0.260. The minimum Gasteiger partial charge on any atom is -0.307 e. The lowest BCUT2D eigenvalue weighted by Gasteiger charge is -2.48. The lowest BCUT2D eigenvalue weighted by atomic mass is 9.75. The van der Waals surface area contributed by atoms with Crippen molar-refractivity contribution in [3.05, 3.63) is 23.8 Å². The Morgan fingerprint density at radius 1 is 1.33 bits per heavy atom. The zero-order valence-corrected chi connectivity index (χ0v) is 11.9. The molecule has 1 unspecified atom stereocenters. The number of aryl methyl sites for hydroxylation is 1. The third-order valence-electron chi connectivity index (χ3n) is 4.30. The molecule has 1 aromatic rings. The maximum Gasteiger partial charge on any atom is 0.0782 e. The highest BCUT2D eigenvalue weighted by atomic mass is 15.2. The smallest absolute Gasteiger partial charge is 0.0782 e. The average Bonchev–Trinajstić information content (AvgIpc) is 2.27. The molecule has 1 N–H and O–H groups in total. The first kappa shape index (κ1) is 13.4. The molecule has 0 radical (unpaired) electrons. The van der Waals surface area contributed by atoms with Crippen LogP contribution >= 0.6 is 0 Å². The third-order valence-corrected chi connectivity index (χ3v) is 4.30. The van der Waals surface area contributed by atoms with E-state index in [1.54, 1.807) is 12.4 Å². The molecule has 1 aliphatic rings. The molecule has 100 valence electrons. The van der Waals surface area contributed by atoms with Gasteiger partial charge in [0.25, 0.3) is 0 Å². The molecule has 1 heterocycles. The van der Waals surface area contributed by atoms with Gasteiger partial charge in [-0.3, -0.25) is 9.97 Å². The fourth-order valence-electron chi connectivity index (χ4n) is 2.65. The summed E-state index contributed by atoms with van der Waals surface area (Å²) in [6, 6.07) is 0.260. The fourth-order valence-corrected chi connectivity index (χ4v) is 2.65. The van der Waals surface area contributed by atoms with Gasteiger partial charge in [0.2, 0.25) is 0 Å². The van der Waals surface area contributed by atoms with E-state index in [1.807, 2.05) is 6.92 Å². The predicted octanol–water partition coefficient (Wildman–Crippen LogP) is 1.92. The van der Waals surface area contributed by atoms with Crippen LogP contribution in [0.15, 0.2) is 12.4 Å². The van der Waals surface area contributed by atoms with E-state index >= 15 is 0 Å². The van der Waals surface area contributed by atoms with Gasteiger partial charge in [-0.15, -0.1) is 0 Å². The zero-order valence-electron chi connectivity index (χ0n) is 11.9. The van der Waals surface area contributed by atoms with Crippen LogP contribution < -0.4 is 5.32 Å². The molecule has 0 saturated heterocycles. The summed E-state index contributed by atoms with van der Waals surface area (Å²) in [7, 11) is 4.36. The molecule has 0 amide bonds. The van der Waals surface area contributed by atoms with Crippen molar-refractivity contribution in [1.29, 1.82) is 0 Å². The molecule has 1 fully saturated rings. The maximum atomic E-state index is 4.43. The van der Waals surface area contributed by atoms with E-state index in [9.17, 15) is 0 Å². The Kier molecular flexibility index (Phi) is 3.97. The first-order valence-corrected chi connectivity index (χ1v) is 6.73. The third kappa shape index (κ3) is 2.54. The normalized spacial score (nSPS) is 19.6. The van der Waals surface area contributed by atoms with E-state index in [1.165, 1.54) is 19.3 Å². The Bertz CT molecular complexity index is 399. The second kappa shape index (κ2) is 5.33. The summed E-state index contributed by atoms with van der Waals surface area (Å²) >= 11 is 0. The predicted molar refractivity (Wildman–Crippen MR) is 73.5 cm³/mol. The summed E-state index contributed by atoms with van der Waals surface area (Å²) < 4.78 is 0. The lowest BCUT2D eigenvalue weighted by Crippen LogP contribution is -2.56. The first-order chi connectivity index (χ1) is 8.55. The van der Waals surface area contributed by atoms with E-state index in [-0.39, 0.29) is 6.04 Å². The molecule has 1 saturated carbocycles. The van der Waals surface area contributed by atoms with Crippen molar-refractivity contribution in [2.45, 2.75) is 44.7 Å². The molecule has 2 rings (SSSR count). The van der Waals surface area contributed by atoms with Crippen LogP contribution in [0.1, 0.15) is 43.6 Å². The second-order valence-corrected chi connectivity index (χ2v) is 5.60. The minimum atomic E-state index is 0.260. The van der Waals surface area contributed by atoms with Gasteiger partial charge in [-0.1, -0.05) is 0 Å². The average molecular weight is 248 g/mol. The van der Waals surface area contributed by atoms with Crippen molar-refractivity contribution < 1.29 is 0 Å². The molecule has 0 aliphatic heterocycles. The monoisotopic (exact) mass is 248 g/mol. The number of rotatable bonds is 5. The summed E-state index contributed by atoms with van der Waals surface area (Å²) in [6.07, 6.45) is 7.45. The van der Waals surface area contributed by atoms with Crippen LogP contribution in [0, 0.1) is 6.92 Å². The summed E-state index contributed by atoms with van der Waals surface area (Å²) in [5.41, 5.74) is 2.43. The first-order valence-electron chi connectivity index (χ1n) is 6.73. The number of hydrogen-bond acceptors (Lipinski definition) is 4. The molecule has 1 atom stereocenters. The molecule has 1 aliphatic carbocycles. The highest BCUT2D eigenvalue weighted by molar-refractivity contribution is 5.13. The van der Waals surface area contributed by atoms with Gasteiger partial charge >= 0.3 is 0 Å². The number of nitrogens with zero attached hydrogens (tertiary/aromatic N) is 3. The van der Waals surface area contributed by atoms with Crippen molar-refractivity contribution in [2.24, 2.45) is 0 Å². The molecule has 0 bridgehead atoms. The molecule has 0 aromatic carbocycles. The van der Waals surface area contributed by atoms with Crippen molar-refractivity contribution in [1.82, 2.24) is 20.2 Å². The van der Waals surface area contributed by atoms with E-state index in [0.717, 1.165) is 17.9 Å². The maximum absolute atomic E-state index is 4.43. The van der Waals surface area contributed by atoms with E-state index in [4.69, 9.17) is 0 Å². The molecular weight excluding hydrogens is 224 g/mol. The quantitative estimate of drug-likeness (QED) is 0.864. The van der Waals surface area contributed by atoms with Crippen LogP contribution in [-0.4, -0.2) is 41.0 Å². The molecule has 4 nitrogen and oxygen atoms in total. The summed E-state index contributed by atoms with van der Waals surface area (Å²) in [5, 5.41) is 3.62. The van der Waals surface area contributed by atoms with Gasteiger partial charge in [0.15, 0.2) is 0 Å². The van der Waals surface area contributed by atoms with Crippen LogP contribution in [0.4, 0.5) is 0 Å². The van der Waals surface area contributed by atoms with Crippen molar-refractivity contribution in [3.8, 4) is 0 Å². The van der Waals surface area contributed by atoms with Gasteiger partial charge in [0.1, 0.15) is 0 Å². The number of hydrogen-bond donors (Lipinski definition) is 1. The fraction of sp³-hybridized carbons (Fsp3) is 0.714. The van der Waals surface area contributed by atoms with Crippen molar-refractivity contribution in [2.75, 3.05) is 20.6 Å². The second-order valence-electron chi connectivity index (χ2n) is 5.60. The molecular formula is C14H24N4. The molecule has 0 spiro atoms. The van der Waals surface area contributed by atoms with E-state index in [0.29, 0.717) is 5.54 Å². The van der Waals surface area contributed by atoms with Crippen molar-refractivity contribution >= 4 is 0 Å². The summed E-state index contributed by atoms with van der Waals surface area (Å²) in [5.74, 6) is 0. The Balaban J connectivity index is 1.96. The molecule has 1 aromatic heterocycles. The van der Waals surface area contributed by atoms with Gasteiger partial charge in [-0.25, -0.2) is 0 Å². The summed E-state index contributed by atoms with van der Waals surface area (Å²) in [6.45, 7) is 5.21. The van der Waals surface area contributed by atoms with E-state index in [2.05, 4.69) is 41.2 Å². The summed E-state index contributed by atoms with van der Waals surface area (Å²) in [4.78, 5) is 11.1. The van der Waals surface area contributed by atoms with Gasteiger partial charge < -0.3 is 10.2 Å². The lowest BCUT2D eigenvalue weighted by molar-refractivity contribution is 0.0575. The van der Waals surface area contributed by atoms with Crippen LogP contribution in [-0.2, 0) is 0 Å². The number of likely N-dealkylation sites (N-methyl/N-ethyl adjacent to an activating group) is 1. The SMILES string of the molecule is Cc1nccnc1C(C)NCC1(N(C)C)CCC1. The topological polar surface area (TPSA) is 41.1 Å². The van der Waals surface area contributed by atoms with Gasteiger partial charge in [-0.05, 0) is 47.2 Å². The van der Waals surface area contributed by atoms with Crippen LogP contribution in [0.2, 0.25) is 0 Å². The number of nitrogens with one attached hydrogen (secondary N) is 1. The van der Waals surface area contributed by atoms with Gasteiger partial charge in [-0.2, -0.15) is 0 Å². The standard InChI is InChI=1S/C14H24N4/c1-11-13(16-9-8-15-11)12(2)17-10-14(18(3)4)6-5-7-14/h8-9,12,17H,5-7,10H2,1-4H3.